The molecule has 0 aliphatic heterocycles. The summed E-state index contributed by atoms with van der Waals surface area (Å²) in [6.07, 6.45) is 77.7. The molecule has 6 nitrogen and oxygen atoms in total. The standard InChI is InChI=1S/C66H116O6/c1-4-7-10-13-16-19-21-23-25-27-29-30-31-32-33-34-35-36-37-39-40-42-44-47-50-53-56-59-65(68)71-62-63(61-70-64(67)58-55-52-49-46-18-15-12-9-6-3)72-66(69)60-57-54-51-48-45-43-41-38-28-26-24-22-20-17-14-11-8-5-2/h7,10,16,19,23,25,29-30,32-33,35-36,63H,4-6,8-9,11-15,17-18,20-22,24,26-28,31,34,37-62H2,1-3H3/b10-7-,19-16-,25-23-,30-29-,33-32-,36-35-. The van der Waals surface area contributed by atoms with Crippen LogP contribution in [0.15, 0.2) is 72.9 Å². The van der Waals surface area contributed by atoms with E-state index in [4.69, 9.17) is 14.2 Å². The Kier molecular flexibility index (Phi) is 57.8. The SMILES string of the molecule is CC/C=C\C/C=C\C/C=C\C/C=C\C/C=C\C/C=C\CCCCCCCCCCC(=O)OCC(COC(=O)CCCCCCCCCCC)OC(=O)CCCCCCCCCCCCCCCCCCCC. The van der Waals surface area contributed by atoms with Crippen molar-refractivity contribution in [3.05, 3.63) is 72.9 Å². The molecule has 0 aliphatic carbocycles. The second kappa shape index (κ2) is 60.4. The summed E-state index contributed by atoms with van der Waals surface area (Å²) in [7, 11) is 0. The minimum absolute atomic E-state index is 0.0736. The van der Waals surface area contributed by atoms with Crippen molar-refractivity contribution < 1.29 is 28.6 Å². The number of hydrogen-bond acceptors (Lipinski definition) is 6. The summed E-state index contributed by atoms with van der Waals surface area (Å²) in [5.74, 6) is -0.870. The molecule has 1 unspecified atom stereocenters. The fraction of sp³-hybridized carbons (Fsp3) is 0.773. The molecule has 6 heteroatoms. The number of hydrogen-bond donors (Lipinski definition) is 0. The number of rotatable bonds is 56. The van der Waals surface area contributed by atoms with E-state index < -0.39 is 6.10 Å². The van der Waals surface area contributed by atoms with Crippen molar-refractivity contribution in [1.29, 1.82) is 0 Å². The Hall–Kier alpha value is -3.15. The van der Waals surface area contributed by atoms with Crippen LogP contribution in [-0.2, 0) is 28.6 Å². The van der Waals surface area contributed by atoms with Gasteiger partial charge in [0, 0.05) is 19.3 Å². The summed E-state index contributed by atoms with van der Waals surface area (Å²) in [5.41, 5.74) is 0. The molecule has 1 atom stereocenters. The second-order valence-corrected chi connectivity index (χ2v) is 20.6. The molecule has 0 radical (unpaired) electrons. The highest BCUT2D eigenvalue weighted by atomic mass is 16.6. The minimum Gasteiger partial charge on any atom is -0.462 e. The van der Waals surface area contributed by atoms with Gasteiger partial charge in [0.2, 0.25) is 0 Å². The third-order valence-corrected chi connectivity index (χ3v) is 13.5. The van der Waals surface area contributed by atoms with Crippen LogP contribution < -0.4 is 0 Å². The Morgan fingerprint density at radius 2 is 0.542 bits per heavy atom. The Morgan fingerprint density at radius 3 is 0.847 bits per heavy atom. The number of ether oxygens (including phenoxy) is 3. The van der Waals surface area contributed by atoms with Gasteiger partial charge in [0.15, 0.2) is 6.10 Å². The summed E-state index contributed by atoms with van der Waals surface area (Å²) >= 11 is 0. The lowest BCUT2D eigenvalue weighted by Gasteiger charge is -2.18. The molecule has 0 aromatic rings. The van der Waals surface area contributed by atoms with E-state index in [-0.39, 0.29) is 31.1 Å². The lowest BCUT2D eigenvalue weighted by Crippen LogP contribution is -2.30. The van der Waals surface area contributed by atoms with Gasteiger partial charge < -0.3 is 14.2 Å². The van der Waals surface area contributed by atoms with Crippen molar-refractivity contribution in [2.45, 2.75) is 316 Å². The van der Waals surface area contributed by atoms with Crippen molar-refractivity contribution in [1.82, 2.24) is 0 Å². The Balaban J connectivity index is 4.22. The van der Waals surface area contributed by atoms with Crippen LogP contribution in [0.1, 0.15) is 310 Å². The van der Waals surface area contributed by atoms with Gasteiger partial charge in [-0.3, -0.25) is 14.4 Å². The maximum absolute atomic E-state index is 12.9. The average Bonchev–Trinajstić information content (AvgIpc) is 3.38. The minimum atomic E-state index is -0.775. The molecule has 0 bridgehead atoms. The predicted octanol–water partition coefficient (Wildman–Crippen LogP) is 20.9. The van der Waals surface area contributed by atoms with E-state index in [1.165, 1.54) is 167 Å². The lowest BCUT2D eigenvalue weighted by molar-refractivity contribution is -0.167. The highest BCUT2D eigenvalue weighted by Gasteiger charge is 2.19. The van der Waals surface area contributed by atoms with Gasteiger partial charge in [-0.15, -0.1) is 0 Å². The van der Waals surface area contributed by atoms with Crippen LogP contribution in [0.2, 0.25) is 0 Å². The van der Waals surface area contributed by atoms with Crippen molar-refractivity contribution >= 4 is 17.9 Å². The zero-order chi connectivity index (χ0) is 52.2. The normalized spacial score (nSPS) is 12.5. The molecule has 0 aliphatic rings. The summed E-state index contributed by atoms with van der Waals surface area (Å²) in [5, 5.41) is 0. The first-order valence-electron chi connectivity index (χ1n) is 30.9. The van der Waals surface area contributed by atoms with Gasteiger partial charge in [-0.25, -0.2) is 0 Å². The van der Waals surface area contributed by atoms with E-state index in [0.717, 1.165) is 103 Å². The first kappa shape index (κ1) is 68.8. The van der Waals surface area contributed by atoms with Gasteiger partial charge in [-0.1, -0.05) is 293 Å². The maximum atomic E-state index is 12.9. The molecule has 0 saturated heterocycles. The van der Waals surface area contributed by atoms with Crippen LogP contribution in [0.25, 0.3) is 0 Å². The third kappa shape index (κ3) is 57.7. The first-order chi connectivity index (χ1) is 35.5. The van der Waals surface area contributed by atoms with E-state index in [1.807, 2.05) is 0 Å². The number of unbranched alkanes of at least 4 members (excludes halogenated alkanes) is 33. The zero-order valence-electron chi connectivity index (χ0n) is 47.7. The quantitative estimate of drug-likeness (QED) is 0.0261. The van der Waals surface area contributed by atoms with Gasteiger partial charge in [0.1, 0.15) is 13.2 Å². The molecular formula is C66H116O6. The molecule has 0 N–H and O–H groups in total. The van der Waals surface area contributed by atoms with Crippen molar-refractivity contribution in [2.75, 3.05) is 13.2 Å². The van der Waals surface area contributed by atoms with Crippen LogP contribution >= 0.6 is 0 Å². The highest BCUT2D eigenvalue weighted by molar-refractivity contribution is 5.71. The fourth-order valence-corrected chi connectivity index (χ4v) is 8.86. The molecule has 416 valence electrons. The molecule has 0 amide bonds. The van der Waals surface area contributed by atoms with E-state index in [1.54, 1.807) is 0 Å². The number of allylic oxidation sites excluding steroid dienone is 12. The molecule has 0 spiro atoms. The van der Waals surface area contributed by atoms with Crippen LogP contribution in [-0.4, -0.2) is 37.2 Å². The fourth-order valence-electron chi connectivity index (χ4n) is 8.86. The topological polar surface area (TPSA) is 78.9 Å². The largest absolute Gasteiger partial charge is 0.462 e. The van der Waals surface area contributed by atoms with Crippen LogP contribution in [0, 0.1) is 0 Å². The molecular weight excluding hydrogens is 889 g/mol. The molecule has 0 fully saturated rings. The van der Waals surface area contributed by atoms with Crippen molar-refractivity contribution in [3.8, 4) is 0 Å². The van der Waals surface area contributed by atoms with Crippen LogP contribution in [0.4, 0.5) is 0 Å². The van der Waals surface area contributed by atoms with Gasteiger partial charge in [0.25, 0.3) is 0 Å². The predicted molar refractivity (Wildman–Crippen MR) is 311 cm³/mol. The van der Waals surface area contributed by atoms with Gasteiger partial charge in [0.05, 0.1) is 0 Å². The summed E-state index contributed by atoms with van der Waals surface area (Å²) < 4.78 is 16.9. The first-order valence-corrected chi connectivity index (χ1v) is 30.9. The van der Waals surface area contributed by atoms with E-state index >= 15 is 0 Å². The Bertz CT molecular complexity index is 1340. The maximum Gasteiger partial charge on any atom is 0.306 e. The van der Waals surface area contributed by atoms with Gasteiger partial charge in [-0.05, 0) is 70.6 Å². The van der Waals surface area contributed by atoms with E-state index in [9.17, 15) is 14.4 Å². The van der Waals surface area contributed by atoms with Crippen molar-refractivity contribution in [3.63, 3.8) is 0 Å². The van der Waals surface area contributed by atoms with E-state index in [2.05, 4.69) is 93.7 Å². The van der Waals surface area contributed by atoms with E-state index in [0.29, 0.717) is 19.3 Å². The average molecular weight is 1010 g/mol. The Morgan fingerprint density at radius 1 is 0.292 bits per heavy atom. The van der Waals surface area contributed by atoms with Crippen molar-refractivity contribution in [2.24, 2.45) is 0 Å². The van der Waals surface area contributed by atoms with Crippen LogP contribution in [0.3, 0.4) is 0 Å². The summed E-state index contributed by atoms with van der Waals surface area (Å²) in [6.45, 7) is 6.54. The second-order valence-electron chi connectivity index (χ2n) is 20.6. The smallest absolute Gasteiger partial charge is 0.306 e. The molecule has 0 aromatic heterocycles. The zero-order valence-corrected chi connectivity index (χ0v) is 47.7. The molecule has 0 rings (SSSR count). The lowest BCUT2D eigenvalue weighted by atomic mass is 10.0. The summed E-state index contributed by atoms with van der Waals surface area (Å²) in [4.78, 5) is 38.1. The molecule has 0 aromatic carbocycles. The molecule has 72 heavy (non-hydrogen) atoms. The van der Waals surface area contributed by atoms with Gasteiger partial charge >= 0.3 is 17.9 Å². The molecule has 0 saturated carbocycles. The molecule has 0 heterocycles. The number of carbonyl (C=O) groups is 3. The van der Waals surface area contributed by atoms with Crippen LogP contribution in [0.5, 0.6) is 0 Å². The summed E-state index contributed by atoms with van der Waals surface area (Å²) in [6, 6.07) is 0. The third-order valence-electron chi connectivity index (χ3n) is 13.5. The number of esters is 3. The highest BCUT2D eigenvalue weighted by Crippen LogP contribution is 2.17. The number of carbonyl (C=O) groups excluding carboxylic acids is 3. The monoisotopic (exact) mass is 1000 g/mol. The Labute approximate surface area is 446 Å². The van der Waals surface area contributed by atoms with Gasteiger partial charge in [-0.2, -0.15) is 0 Å².